The molecule has 1 amide bonds. The minimum Gasteiger partial charge on any atom is -0.393 e. The lowest BCUT2D eigenvalue weighted by molar-refractivity contribution is -0.128. The number of aliphatic imine (C=N–C) groups is 1. The fourth-order valence-corrected chi connectivity index (χ4v) is 2.70. The van der Waals surface area contributed by atoms with Gasteiger partial charge in [0.25, 0.3) is 5.91 Å². The van der Waals surface area contributed by atoms with Gasteiger partial charge in [-0.05, 0) is 31.2 Å². The second-order valence-electron chi connectivity index (χ2n) is 5.89. The van der Waals surface area contributed by atoms with Crippen LogP contribution in [0.4, 0.5) is 4.39 Å². The van der Waals surface area contributed by atoms with Crippen molar-refractivity contribution < 1.29 is 14.0 Å². The van der Waals surface area contributed by atoms with Gasteiger partial charge >= 0.3 is 0 Å². The van der Waals surface area contributed by atoms with Gasteiger partial charge in [-0.1, -0.05) is 11.6 Å². The van der Waals surface area contributed by atoms with E-state index in [-0.39, 0.29) is 34.8 Å². The highest BCUT2D eigenvalue weighted by atomic mass is 35.5. The van der Waals surface area contributed by atoms with Gasteiger partial charge in [-0.15, -0.1) is 0 Å². The molecule has 140 valence electrons. The highest BCUT2D eigenvalue weighted by Gasteiger charge is 2.24. The number of amides is 1. The van der Waals surface area contributed by atoms with Crippen molar-refractivity contribution in [2.75, 3.05) is 39.3 Å². The van der Waals surface area contributed by atoms with Crippen molar-refractivity contribution in [3.05, 3.63) is 46.4 Å². The third kappa shape index (κ3) is 5.37. The molecule has 8 heteroatoms. The summed E-state index contributed by atoms with van der Waals surface area (Å²) in [7, 11) is 0. The molecular formula is C18H22ClFN4O2. The third-order valence-electron chi connectivity index (χ3n) is 4.07. The van der Waals surface area contributed by atoms with Gasteiger partial charge in [-0.25, -0.2) is 4.39 Å². The van der Waals surface area contributed by atoms with Crippen molar-refractivity contribution in [1.82, 2.24) is 9.80 Å². The molecule has 2 N–H and O–H groups in total. The van der Waals surface area contributed by atoms with E-state index in [1.54, 1.807) is 4.90 Å². The van der Waals surface area contributed by atoms with Crippen LogP contribution in [0.1, 0.15) is 17.3 Å². The summed E-state index contributed by atoms with van der Waals surface area (Å²) in [5.41, 5.74) is 6.25. The Labute approximate surface area is 157 Å². The first kappa shape index (κ1) is 20.1. The monoisotopic (exact) mass is 380 g/mol. The van der Waals surface area contributed by atoms with Crippen molar-refractivity contribution in [3.63, 3.8) is 0 Å². The van der Waals surface area contributed by atoms with Crippen LogP contribution < -0.4 is 5.73 Å². The number of ketones is 1. The number of Topliss-reactive ketones (excluding diaryl/α,β-unsaturated/α-hetero) is 1. The second kappa shape index (κ2) is 9.45. The lowest BCUT2D eigenvalue weighted by Gasteiger charge is -2.34. The van der Waals surface area contributed by atoms with Gasteiger partial charge in [0.1, 0.15) is 11.5 Å². The Hall–Kier alpha value is -2.25. The Morgan fingerprint density at radius 2 is 1.85 bits per heavy atom. The Morgan fingerprint density at radius 3 is 2.42 bits per heavy atom. The van der Waals surface area contributed by atoms with Gasteiger partial charge in [0, 0.05) is 44.5 Å². The van der Waals surface area contributed by atoms with Gasteiger partial charge in [-0.2, -0.15) is 0 Å². The number of rotatable bonds is 6. The maximum atomic E-state index is 12.9. The molecule has 1 aliphatic heterocycles. The Bertz CT molecular complexity index is 710. The molecule has 0 aliphatic carbocycles. The van der Waals surface area contributed by atoms with Gasteiger partial charge < -0.3 is 10.6 Å². The number of carbonyl (C=O) groups excluding carboxylic acids is 2. The maximum Gasteiger partial charge on any atom is 0.271 e. The molecule has 0 atom stereocenters. The fraction of sp³-hybridized carbons (Fsp3) is 0.389. The van der Waals surface area contributed by atoms with Crippen molar-refractivity contribution in [1.29, 1.82) is 0 Å². The lowest BCUT2D eigenvalue weighted by atomic mass is 10.1. The quantitative estimate of drug-likeness (QED) is 0.462. The number of allylic oxidation sites excluding steroid dienone is 1. The van der Waals surface area contributed by atoms with Crippen LogP contribution in [0.2, 0.25) is 0 Å². The molecule has 0 unspecified atom stereocenters. The molecular weight excluding hydrogens is 359 g/mol. The summed E-state index contributed by atoms with van der Waals surface area (Å²) in [5, 5.41) is 0.130. The van der Waals surface area contributed by atoms with Crippen LogP contribution in [0.3, 0.4) is 0 Å². The van der Waals surface area contributed by atoms with Crippen LogP contribution in [0.15, 0.2) is 40.0 Å². The van der Waals surface area contributed by atoms with Crippen LogP contribution >= 0.6 is 11.6 Å². The van der Waals surface area contributed by atoms with Gasteiger partial charge in [0.15, 0.2) is 5.78 Å². The lowest BCUT2D eigenvalue weighted by Crippen LogP contribution is -2.51. The average molecular weight is 381 g/mol. The minimum atomic E-state index is -0.373. The van der Waals surface area contributed by atoms with Crippen molar-refractivity contribution in [2.45, 2.75) is 6.92 Å². The van der Waals surface area contributed by atoms with Crippen LogP contribution in [0.5, 0.6) is 0 Å². The number of nitrogens with two attached hydrogens (primary N) is 1. The first-order valence-corrected chi connectivity index (χ1v) is 8.75. The average Bonchev–Trinajstić information content (AvgIpc) is 2.66. The van der Waals surface area contributed by atoms with Crippen LogP contribution in [-0.4, -0.2) is 67.0 Å². The molecule has 1 heterocycles. The van der Waals surface area contributed by atoms with E-state index in [1.165, 1.54) is 30.5 Å². The Balaban J connectivity index is 1.88. The predicted octanol–water partition coefficient (Wildman–Crippen LogP) is 1.65. The normalized spacial score (nSPS) is 16.7. The van der Waals surface area contributed by atoms with Gasteiger partial charge in [0.05, 0.1) is 11.6 Å². The number of hydrogen-bond donors (Lipinski definition) is 1. The molecule has 0 bridgehead atoms. The Kier molecular flexibility index (Phi) is 7.29. The molecule has 1 aromatic carbocycles. The molecule has 1 aromatic rings. The topological polar surface area (TPSA) is 79.0 Å². The first-order chi connectivity index (χ1) is 12.4. The number of hydrogen-bond acceptors (Lipinski definition) is 5. The number of piperazine rings is 1. The van der Waals surface area contributed by atoms with Crippen molar-refractivity contribution in [2.24, 2.45) is 10.7 Å². The van der Waals surface area contributed by atoms with E-state index in [1.807, 2.05) is 11.8 Å². The molecule has 0 aromatic heterocycles. The highest BCUT2D eigenvalue weighted by molar-refractivity contribution is 6.41. The number of nitrogens with zero attached hydrogens (tertiary/aromatic N) is 3. The molecule has 6 nitrogen and oxygen atoms in total. The van der Waals surface area contributed by atoms with E-state index in [4.69, 9.17) is 17.3 Å². The summed E-state index contributed by atoms with van der Waals surface area (Å²) in [6.45, 7) is 4.63. The molecule has 1 fully saturated rings. The van der Waals surface area contributed by atoms with Crippen molar-refractivity contribution >= 4 is 29.5 Å². The standard InChI is InChI=1S/C18H22ClFN4O2/c1-2-22-11-15(19)17(21)18(26)24-9-7-23(8-10-24)12-16(25)13-3-5-14(20)6-4-13/h3-6,11H,2,7-10,12,21H2,1H3. The van der Waals surface area contributed by atoms with Crippen LogP contribution in [-0.2, 0) is 4.79 Å². The van der Waals surface area contributed by atoms with Crippen LogP contribution in [0.25, 0.3) is 0 Å². The van der Waals surface area contributed by atoms with E-state index < -0.39 is 0 Å². The zero-order valence-corrected chi connectivity index (χ0v) is 15.4. The largest absolute Gasteiger partial charge is 0.393 e. The second-order valence-corrected chi connectivity index (χ2v) is 6.30. The fourth-order valence-electron chi connectivity index (χ4n) is 2.55. The maximum absolute atomic E-state index is 12.9. The first-order valence-electron chi connectivity index (χ1n) is 8.37. The van der Waals surface area contributed by atoms with Gasteiger partial charge in [-0.3, -0.25) is 19.5 Å². The summed E-state index contributed by atoms with van der Waals surface area (Å²) in [6, 6.07) is 5.49. The molecule has 1 saturated heterocycles. The van der Waals surface area contributed by atoms with Crippen molar-refractivity contribution in [3.8, 4) is 0 Å². The summed E-state index contributed by atoms with van der Waals surface area (Å²) >= 11 is 5.98. The van der Waals surface area contributed by atoms with E-state index in [2.05, 4.69) is 4.99 Å². The zero-order valence-electron chi connectivity index (χ0n) is 14.6. The molecule has 0 radical (unpaired) electrons. The third-order valence-corrected chi connectivity index (χ3v) is 4.37. The summed E-state index contributed by atoms with van der Waals surface area (Å²) in [6.07, 6.45) is 1.38. The summed E-state index contributed by atoms with van der Waals surface area (Å²) in [5.74, 6) is -0.785. The summed E-state index contributed by atoms with van der Waals surface area (Å²) in [4.78, 5) is 32.1. The minimum absolute atomic E-state index is 0.0281. The van der Waals surface area contributed by atoms with E-state index in [9.17, 15) is 14.0 Å². The Morgan fingerprint density at radius 1 is 1.23 bits per heavy atom. The molecule has 26 heavy (non-hydrogen) atoms. The smallest absolute Gasteiger partial charge is 0.271 e. The number of carbonyl (C=O) groups is 2. The molecule has 0 saturated carbocycles. The highest BCUT2D eigenvalue weighted by Crippen LogP contribution is 2.11. The zero-order chi connectivity index (χ0) is 19.1. The van der Waals surface area contributed by atoms with Crippen LogP contribution in [0, 0.1) is 5.82 Å². The summed E-state index contributed by atoms with van der Waals surface area (Å²) < 4.78 is 12.9. The SMILES string of the molecule is CCN=CC(Cl)=C(N)C(=O)N1CCN(CC(=O)c2ccc(F)cc2)CC1. The number of benzene rings is 1. The predicted molar refractivity (Wildman–Crippen MR) is 99.8 cm³/mol. The molecule has 0 spiro atoms. The van der Waals surface area contributed by atoms with E-state index in [0.717, 1.165) is 0 Å². The molecule has 2 rings (SSSR count). The van der Waals surface area contributed by atoms with Gasteiger partial charge in [0.2, 0.25) is 0 Å². The molecule has 1 aliphatic rings. The van der Waals surface area contributed by atoms with E-state index >= 15 is 0 Å². The van der Waals surface area contributed by atoms with E-state index in [0.29, 0.717) is 38.3 Å². The number of halogens is 2.